The van der Waals surface area contributed by atoms with E-state index in [0.717, 1.165) is 22.3 Å². The Morgan fingerprint density at radius 1 is 0.897 bits per heavy atom. The number of carbonyl (C=O) groups excluding carboxylic acids is 2. The van der Waals surface area contributed by atoms with Crippen molar-refractivity contribution in [2.75, 3.05) is 6.61 Å². The number of benzene rings is 3. The van der Waals surface area contributed by atoms with Gasteiger partial charge in [-0.15, -0.1) is 0 Å². The summed E-state index contributed by atoms with van der Waals surface area (Å²) in [5.41, 5.74) is 5.45. The summed E-state index contributed by atoms with van der Waals surface area (Å²) in [4.78, 5) is 24.3. The van der Waals surface area contributed by atoms with E-state index in [1.807, 2.05) is 37.3 Å². The molecule has 29 heavy (non-hydrogen) atoms. The lowest BCUT2D eigenvalue weighted by Crippen LogP contribution is -2.08. The molecule has 4 nitrogen and oxygen atoms in total. The minimum atomic E-state index is -0.414. The van der Waals surface area contributed by atoms with Gasteiger partial charge in [0.1, 0.15) is 11.5 Å². The molecule has 0 N–H and O–H groups in total. The minimum absolute atomic E-state index is 0.0891. The normalized spacial score (nSPS) is 11.3. The Hall–Kier alpha value is -3.66. The Kier molecular flexibility index (Phi) is 5.00. The molecule has 4 rings (SSSR count). The summed E-state index contributed by atoms with van der Waals surface area (Å²) in [6.07, 6.45) is 2.01. The van der Waals surface area contributed by atoms with Crippen LogP contribution in [-0.2, 0) is 6.42 Å². The number of rotatable bonds is 6. The van der Waals surface area contributed by atoms with Crippen LogP contribution in [0, 0.1) is 0 Å². The number of fused-ring (bicyclic) bond motifs is 3. The van der Waals surface area contributed by atoms with E-state index >= 15 is 0 Å². The van der Waals surface area contributed by atoms with Gasteiger partial charge in [0.25, 0.3) is 0 Å². The fourth-order valence-electron chi connectivity index (χ4n) is 3.54. The van der Waals surface area contributed by atoms with Crippen LogP contribution in [0.1, 0.15) is 38.8 Å². The Morgan fingerprint density at radius 3 is 2.21 bits per heavy atom. The topological polar surface area (TPSA) is 52.6 Å². The van der Waals surface area contributed by atoms with Gasteiger partial charge in [0, 0.05) is 5.56 Å². The van der Waals surface area contributed by atoms with Crippen molar-refractivity contribution in [3.63, 3.8) is 0 Å². The summed E-state index contributed by atoms with van der Waals surface area (Å²) < 4.78 is 10.9. The third-order valence-corrected chi connectivity index (χ3v) is 4.93. The lowest BCUT2D eigenvalue weighted by molar-refractivity contribution is 0.0734. The van der Waals surface area contributed by atoms with Gasteiger partial charge >= 0.3 is 5.97 Å². The average Bonchev–Trinajstić information content (AvgIpc) is 3.10. The van der Waals surface area contributed by atoms with Gasteiger partial charge in [0.05, 0.1) is 12.2 Å². The summed E-state index contributed by atoms with van der Waals surface area (Å²) >= 11 is 0. The number of hydrogen-bond acceptors (Lipinski definition) is 4. The molecular formula is C25H20O4. The summed E-state index contributed by atoms with van der Waals surface area (Å²) in [6, 6.07) is 18.2. The van der Waals surface area contributed by atoms with Crippen LogP contribution < -0.4 is 9.47 Å². The van der Waals surface area contributed by atoms with Crippen LogP contribution >= 0.6 is 0 Å². The van der Waals surface area contributed by atoms with E-state index in [2.05, 4.69) is 6.58 Å². The van der Waals surface area contributed by atoms with Crippen LogP contribution in [0.4, 0.5) is 0 Å². The lowest BCUT2D eigenvalue weighted by Gasteiger charge is -2.08. The summed E-state index contributed by atoms with van der Waals surface area (Å²) in [7, 11) is 0. The molecule has 4 heteroatoms. The van der Waals surface area contributed by atoms with Gasteiger partial charge in [-0.25, -0.2) is 4.79 Å². The van der Waals surface area contributed by atoms with Gasteiger partial charge < -0.3 is 9.47 Å². The van der Waals surface area contributed by atoms with Crippen molar-refractivity contribution in [1.29, 1.82) is 0 Å². The third-order valence-electron chi connectivity index (χ3n) is 4.93. The first-order valence-electron chi connectivity index (χ1n) is 9.47. The molecule has 3 aromatic carbocycles. The molecule has 0 unspecified atom stereocenters. The zero-order chi connectivity index (χ0) is 20.4. The van der Waals surface area contributed by atoms with E-state index in [-0.39, 0.29) is 5.78 Å². The number of hydrogen-bond donors (Lipinski definition) is 0. The Balaban J connectivity index is 1.52. The highest BCUT2D eigenvalue weighted by atomic mass is 16.5. The minimum Gasteiger partial charge on any atom is -0.494 e. The molecule has 1 aliphatic carbocycles. The van der Waals surface area contributed by atoms with Crippen LogP contribution in [-0.4, -0.2) is 18.4 Å². The smallest absolute Gasteiger partial charge is 0.343 e. The molecule has 0 amide bonds. The molecule has 0 aliphatic heterocycles. The molecule has 0 saturated heterocycles. The molecule has 0 fully saturated rings. The van der Waals surface area contributed by atoms with Crippen LogP contribution in [0.25, 0.3) is 11.1 Å². The zero-order valence-corrected chi connectivity index (χ0v) is 16.1. The molecule has 0 aromatic heterocycles. The van der Waals surface area contributed by atoms with Gasteiger partial charge in [0.2, 0.25) is 0 Å². The molecular weight excluding hydrogens is 364 g/mol. The molecule has 1 aliphatic rings. The van der Waals surface area contributed by atoms with Crippen molar-refractivity contribution in [3.8, 4) is 22.6 Å². The van der Waals surface area contributed by atoms with Crippen LogP contribution in [0.15, 0.2) is 73.3 Å². The second-order valence-corrected chi connectivity index (χ2v) is 6.78. The van der Waals surface area contributed by atoms with E-state index in [9.17, 15) is 9.59 Å². The van der Waals surface area contributed by atoms with Gasteiger partial charge in [-0.3, -0.25) is 4.79 Å². The highest BCUT2D eigenvalue weighted by Gasteiger charge is 2.21. The van der Waals surface area contributed by atoms with Gasteiger partial charge in [-0.2, -0.15) is 0 Å². The monoisotopic (exact) mass is 384 g/mol. The molecule has 0 bridgehead atoms. The first-order chi connectivity index (χ1) is 14.1. The summed E-state index contributed by atoms with van der Waals surface area (Å²) in [5, 5.41) is 0. The van der Waals surface area contributed by atoms with Crippen LogP contribution in [0.2, 0.25) is 0 Å². The SMILES string of the molecule is C=CC(=O)c1ccc2c(c1)Cc1cc(OC(=O)c3ccc(OCC)cc3)ccc1-2. The molecule has 0 saturated carbocycles. The number of ether oxygens (including phenoxy) is 2. The second-order valence-electron chi connectivity index (χ2n) is 6.78. The van der Waals surface area contributed by atoms with E-state index in [1.54, 1.807) is 30.3 Å². The van der Waals surface area contributed by atoms with Gasteiger partial charge in [0.15, 0.2) is 5.78 Å². The summed E-state index contributed by atoms with van der Waals surface area (Å²) in [5.74, 6) is 0.711. The van der Waals surface area contributed by atoms with Crippen molar-refractivity contribution >= 4 is 11.8 Å². The maximum absolute atomic E-state index is 12.4. The van der Waals surface area contributed by atoms with Gasteiger partial charge in [-0.05, 0) is 84.1 Å². The molecule has 0 heterocycles. The molecule has 3 aromatic rings. The maximum atomic E-state index is 12.4. The Labute approximate surface area is 169 Å². The first kappa shape index (κ1) is 18.7. The number of carbonyl (C=O) groups is 2. The Morgan fingerprint density at radius 2 is 1.52 bits per heavy atom. The van der Waals surface area contributed by atoms with Crippen molar-refractivity contribution in [2.24, 2.45) is 0 Å². The van der Waals surface area contributed by atoms with E-state index in [1.165, 1.54) is 6.08 Å². The molecule has 0 atom stereocenters. The fraction of sp³-hybridized carbons (Fsp3) is 0.120. The largest absolute Gasteiger partial charge is 0.494 e. The third kappa shape index (κ3) is 3.69. The maximum Gasteiger partial charge on any atom is 0.343 e. The van der Waals surface area contributed by atoms with Crippen molar-refractivity contribution in [3.05, 3.63) is 95.6 Å². The average molecular weight is 384 g/mol. The Bertz CT molecular complexity index is 1110. The zero-order valence-electron chi connectivity index (χ0n) is 16.1. The second kappa shape index (κ2) is 7.76. The van der Waals surface area contributed by atoms with Crippen molar-refractivity contribution < 1.29 is 19.1 Å². The van der Waals surface area contributed by atoms with E-state index in [4.69, 9.17) is 9.47 Å². The van der Waals surface area contributed by atoms with E-state index < -0.39 is 5.97 Å². The van der Waals surface area contributed by atoms with E-state index in [0.29, 0.717) is 35.7 Å². The predicted octanol–water partition coefficient (Wildman–Crippen LogP) is 5.24. The van der Waals surface area contributed by atoms with Gasteiger partial charge in [-0.1, -0.05) is 24.8 Å². The quantitative estimate of drug-likeness (QED) is 0.197. The molecule has 0 radical (unpaired) electrons. The number of ketones is 1. The highest BCUT2D eigenvalue weighted by molar-refractivity contribution is 6.04. The first-order valence-corrected chi connectivity index (χ1v) is 9.47. The molecule has 144 valence electrons. The predicted molar refractivity (Wildman–Crippen MR) is 112 cm³/mol. The summed E-state index contributed by atoms with van der Waals surface area (Å²) in [6.45, 7) is 6.03. The fourth-order valence-corrected chi connectivity index (χ4v) is 3.54. The highest BCUT2D eigenvalue weighted by Crippen LogP contribution is 2.39. The lowest BCUT2D eigenvalue weighted by atomic mass is 10.0. The van der Waals surface area contributed by atoms with Crippen molar-refractivity contribution in [1.82, 2.24) is 0 Å². The van der Waals surface area contributed by atoms with Crippen LogP contribution in [0.5, 0.6) is 11.5 Å². The van der Waals surface area contributed by atoms with Crippen LogP contribution in [0.3, 0.4) is 0 Å². The molecule has 0 spiro atoms. The number of esters is 1. The van der Waals surface area contributed by atoms with Crippen molar-refractivity contribution in [2.45, 2.75) is 13.3 Å². The standard InChI is InChI=1S/C25H20O4/c1-3-24(26)17-7-11-22-18(13-17)14-19-15-21(10-12-23(19)22)29-25(27)16-5-8-20(9-6-16)28-4-2/h3,5-13,15H,1,4,14H2,2H3. The number of allylic oxidation sites excluding steroid dienone is 1.